The van der Waals surface area contributed by atoms with E-state index in [0.29, 0.717) is 6.54 Å². The standard InChI is InChI=1S/C14H18BrNO/c1-8-5-9-12(14(2,3)4)11(7-16)17-13(9)10(15)6-8/h5-6H,7,16H2,1-4H3. The van der Waals surface area contributed by atoms with Gasteiger partial charge in [-0.2, -0.15) is 0 Å². The van der Waals surface area contributed by atoms with Gasteiger partial charge in [0.05, 0.1) is 11.0 Å². The third kappa shape index (κ3) is 2.14. The van der Waals surface area contributed by atoms with Gasteiger partial charge in [-0.1, -0.05) is 20.8 Å². The van der Waals surface area contributed by atoms with Crippen molar-refractivity contribution in [3.63, 3.8) is 0 Å². The van der Waals surface area contributed by atoms with Crippen molar-refractivity contribution in [2.24, 2.45) is 5.73 Å². The molecule has 3 heteroatoms. The van der Waals surface area contributed by atoms with Gasteiger partial charge >= 0.3 is 0 Å². The molecular weight excluding hydrogens is 278 g/mol. The number of fused-ring (bicyclic) bond motifs is 1. The lowest BCUT2D eigenvalue weighted by Gasteiger charge is -2.19. The zero-order valence-corrected chi connectivity index (χ0v) is 12.3. The number of nitrogens with two attached hydrogens (primary N) is 1. The fourth-order valence-electron chi connectivity index (χ4n) is 2.31. The average Bonchev–Trinajstić information content (AvgIpc) is 2.55. The highest BCUT2D eigenvalue weighted by Gasteiger charge is 2.25. The number of halogens is 1. The van der Waals surface area contributed by atoms with Gasteiger partial charge in [0.2, 0.25) is 0 Å². The van der Waals surface area contributed by atoms with Gasteiger partial charge in [0, 0.05) is 10.9 Å². The van der Waals surface area contributed by atoms with Crippen LogP contribution in [0.2, 0.25) is 0 Å². The van der Waals surface area contributed by atoms with E-state index >= 15 is 0 Å². The van der Waals surface area contributed by atoms with Crippen LogP contribution in [-0.4, -0.2) is 0 Å². The van der Waals surface area contributed by atoms with E-state index in [4.69, 9.17) is 10.2 Å². The third-order valence-corrected chi connectivity index (χ3v) is 3.49. The molecule has 1 aromatic carbocycles. The van der Waals surface area contributed by atoms with Crippen molar-refractivity contribution >= 4 is 26.9 Å². The Bertz CT molecular complexity index is 564. The van der Waals surface area contributed by atoms with E-state index in [-0.39, 0.29) is 5.41 Å². The van der Waals surface area contributed by atoms with Crippen molar-refractivity contribution < 1.29 is 4.42 Å². The first-order valence-electron chi connectivity index (χ1n) is 5.76. The monoisotopic (exact) mass is 295 g/mol. The maximum Gasteiger partial charge on any atom is 0.148 e. The fraction of sp³-hybridized carbons (Fsp3) is 0.429. The van der Waals surface area contributed by atoms with Crippen LogP contribution in [0.4, 0.5) is 0 Å². The lowest BCUT2D eigenvalue weighted by molar-refractivity contribution is 0.510. The van der Waals surface area contributed by atoms with Crippen LogP contribution in [0, 0.1) is 6.92 Å². The molecule has 1 aromatic heterocycles. The lowest BCUT2D eigenvalue weighted by Crippen LogP contribution is -2.14. The zero-order valence-electron chi connectivity index (χ0n) is 10.7. The Hall–Kier alpha value is -0.800. The molecule has 2 nitrogen and oxygen atoms in total. The van der Waals surface area contributed by atoms with Crippen LogP contribution in [0.25, 0.3) is 11.0 Å². The molecule has 0 unspecified atom stereocenters. The maximum absolute atomic E-state index is 5.89. The predicted molar refractivity (Wildman–Crippen MR) is 75.2 cm³/mol. The Morgan fingerprint density at radius 1 is 1.29 bits per heavy atom. The first-order valence-corrected chi connectivity index (χ1v) is 6.56. The normalized spacial score (nSPS) is 12.4. The second-order valence-electron chi connectivity index (χ2n) is 5.48. The van der Waals surface area contributed by atoms with E-state index in [2.05, 4.69) is 55.8 Å². The molecule has 0 aliphatic carbocycles. The van der Waals surface area contributed by atoms with Gasteiger partial charge in [-0.3, -0.25) is 0 Å². The van der Waals surface area contributed by atoms with E-state index in [1.54, 1.807) is 0 Å². The van der Waals surface area contributed by atoms with Crippen molar-refractivity contribution in [1.29, 1.82) is 0 Å². The molecule has 0 radical (unpaired) electrons. The molecule has 0 spiro atoms. The van der Waals surface area contributed by atoms with Gasteiger partial charge < -0.3 is 10.2 Å². The summed E-state index contributed by atoms with van der Waals surface area (Å²) in [6.07, 6.45) is 0. The minimum Gasteiger partial charge on any atom is -0.458 e. The molecule has 2 N–H and O–H groups in total. The summed E-state index contributed by atoms with van der Waals surface area (Å²) in [7, 11) is 0. The highest BCUT2D eigenvalue weighted by molar-refractivity contribution is 9.10. The number of aryl methyl sites for hydroxylation is 1. The molecule has 0 aliphatic rings. The number of benzene rings is 1. The van der Waals surface area contributed by atoms with Crippen molar-refractivity contribution in [2.75, 3.05) is 0 Å². The topological polar surface area (TPSA) is 39.2 Å². The third-order valence-electron chi connectivity index (χ3n) is 2.90. The average molecular weight is 296 g/mol. The van der Waals surface area contributed by atoms with Gasteiger partial charge in [0.1, 0.15) is 11.3 Å². The molecule has 0 bridgehead atoms. The molecule has 0 fully saturated rings. The van der Waals surface area contributed by atoms with Gasteiger partial charge in [0.25, 0.3) is 0 Å². The van der Waals surface area contributed by atoms with Gasteiger partial charge in [0.15, 0.2) is 0 Å². The summed E-state index contributed by atoms with van der Waals surface area (Å²) >= 11 is 3.56. The fourth-order valence-corrected chi connectivity index (χ4v) is 2.96. The van der Waals surface area contributed by atoms with E-state index in [1.807, 2.05) is 0 Å². The van der Waals surface area contributed by atoms with Crippen LogP contribution in [0.3, 0.4) is 0 Å². The summed E-state index contributed by atoms with van der Waals surface area (Å²) in [6, 6.07) is 4.24. The molecule has 0 saturated heterocycles. The Balaban J connectivity index is 2.88. The summed E-state index contributed by atoms with van der Waals surface area (Å²) in [5, 5.41) is 1.17. The second-order valence-corrected chi connectivity index (χ2v) is 6.33. The Kier molecular flexibility index (Phi) is 3.08. The number of hydrogen-bond acceptors (Lipinski definition) is 2. The Labute approximate surface area is 110 Å². The van der Waals surface area contributed by atoms with Gasteiger partial charge in [-0.05, 0) is 46.0 Å². The molecular formula is C14H18BrNO. The van der Waals surface area contributed by atoms with Crippen molar-refractivity contribution in [3.8, 4) is 0 Å². The molecule has 0 aliphatic heterocycles. The SMILES string of the molecule is Cc1cc(Br)c2oc(CN)c(C(C)(C)C)c2c1. The van der Waals surface area contributed by atoms with Crippen LogP contribution in [0.15, 0.2) is 21.0 Å². The minimum atomic E-state index is 0.0349. The van der Waals surface area contributed by atoms with E-state index in [9.17, 15) is 0 Å². The first kappa shape index (κ1) is 12.7. The second kappa shape index (κ2) is 4.14. The van der Waals surface area contributed by atoms with Gasteiger partial charge in [-0.25, -0.2) is 0 Å². The molecule has 1 heterocycles. The summed E-state index contributed by atoms with van der Waals surface area (Å²) in [5.41, 5.74) is 9.17. The van der Waals surface area contributed by atoms with Crippen molar-refractivity contribution in [2.45, 2.75) is 39.7 Å². The van der Waals surface area contributed by atoms with Crippen molar-refractivity contribution in [1.82, 2.24) is 0 Å². The van der Waals surface area contributed by atoms with Gasteiger partial charge in [-0.15, -0.1) is 0 Å². The molecule has 17 heavy (non-hydrogen) atoms. The summed E-state index contributed by atoms with van der Waals surface area (Å²) in [5.74, 6) is 0.888. The van der Waals surface area contributed by atoms with Crippen LogP contribution < -0.4 is 5.73 Å². The van der Waals surface area contributed by atoms with Crippen LogP contribution in [0.5, 0.6) is 0 Å². The molecule has 0 atom stereocenters. The van der Waals surface area contributed by atoms with Crippen LogP contribution >= 0.6 is 15.9 Å². The highest BCUT2D eigenvalue weighted by atomic mass is 79.9. The van der Waals surface area contributed by atoms with Crippen LogP contribution in [0.1, 0.15) is 37.7 Å². The first-order chi connectivity index (χ1) is 7.84. The van der Waals surface area contributed by atoms with E-state index in [1.165, 1.54) is 16.5 Å². The van der Waals surface area contributed by atoms with E-state index < -0.39 is 0 Å². The predicted octanol–water partition coefficient (Wildman–Crippen LogP) is 4.26. The minimum absolute atomic E-state index is 0.0349. The summed E-state index contributed by atoms with van der Waals surface area (Å²) in [4.78, 5) is 0. The quantitative estimate of drug-likeness (QED) is 0.854. The molecule has 92 valence electrons. The van der Waals surface area contributed by atoms with Crippen molar-refractivity contribution in [3.05, 3.63) is 33.5 Å². The lowest BCUT2D eigenvalue weighted by atomic mass is 9.84. The smallest absolute Gasteiger partial charge is 0.148 e. The molecule has 0 amide bonds. The largest absolute Gasteiger partial charge is 0.458 e. The molecule has 2 aromatic rings. The van der Waals surface area contributed by atoms with E-state index in [0.717, 1.165) is 15.8 Å². The maximum atomic E-state index is 5.89. The number of furan rings is 1. The van der Waals surface area contributed by atoms with Crippen LogP contribution in [-0.2, 0) is 12.0 Å². The number of rotatable bonds is 1. The molecule has 2 rings (SSSR count). The Morgan fingerprint density at radius 2 is 1.94 bits per heavy atom. The molecule has 0 saturated carbocycles. The summed E-state index contributed by atoms with van der Waals surface area (Å²) in [6.45, 7) is 9.09. The summed E-state index contributed by atoms with van der Waals surface area (Å²) < 4.78 is 6.89. The Morgan fingerprint density at radius 3 is 2.47 bits per heavy atom. The highest BCUT2D eigenvalue weighted by Crippen LogP contribution is 2.38. The zero-order chi connectivity index (χ0) is 12.8. The number of hydrogen-bond donors (Lipinski definition) is 1.